The summed E-state index contributed by atoms with van der Waals surface area (Å²) in [6.45, 7) is 2.12. The van der Waals surface area contributed by atoms with E-state index in [4.69, 9.17) is 18.9 Å². The predicted molar refractivity (Wildman–Crippen MR) is 142 cm³/mol. The van der Waals surface area contributed by atoms with Crippen molar-refractivity contribution in [2.45, 2.75) is 6.92 Å². The largest absolute Gasteiger partial charge is 0.497 e. The van der Waals surface area contributed by atoms with Gasteiger partial charge >= 0.3 is 11.8 Å². The van der Waals surface area contributed by atoms with Crippen LogP contribution in [0, 0.1) is 0 Å². The van der Waals surface area contributed by atoms with Crippen LogP contribution < -0.4 is 35.0 Å². The number of benzene rings is 3. The normalized spacial score (nSPS) is 10.4. The minimum Gasteiger partial charge on any atom is -0.497 e. The minimum atomic E-state index is -0.982. The fraction of sp³-hybridized carbons (Fsp3) is 0.185. The van der Waals surface area contributed by atoms with Gasteiger partial charge in [0.25, 0.3) is 5.91 Å². The number of ether oxygens (including phenoxy) is 4. The van der Waals surface area contributed by atoms with Crippen molar-refractivity contribution < 1.29 is 33.3 Å². The lowest BCUT2D eigenvalue weighted by atomic mass is 10.2. The van der Waals surface area contributed by atoms with Crippen LogP contribution in [0.1, 0.15) is 12.5 Å². The highest BCUT2D eigenvalue weighted by molar-refractivity contribution is 6.39. The van der Waals surface area contributed by atoms with Crippen molar-refractivity contribution in [3.05, 3.63) is 72.3 Å². The molecule has 3 amide bonds. The molecule has 0 aliphatic heterocycles. The molecule has 0 bridgehead atoms. The molecule has 0 radical (unpaired) electrons. The minimum absolute atomic E-state index is 0.232. The van der Waals surface area contributed by atoms with E-state index in [9.17, 15) is 14.4 Å². The van der Waals surface area contributed by atoms with Gasteiger partial charge in [0, 0.05) is 23.0 Å². The zero-order valence-electron chi connectivity index (χ0n) is 21.1. The Morgan fingerprint density at radius 1 is 0.816 bits per heavy atom. The molecule has 0 saturated carbocycles. The number of hydrazone groups is 1. The summed E-state index contributed by atoms with van der Waals surface area (Å²) in [5.74, 6) is -0.483. The van der Waals surface area contributed by atoms with E-state index >= 15 is 0 Å². The maximum absolute atomic E-state index is 12.4. The number of methoxy groups -OCH3 is 2. The van der Waals surface area contributed by atoms with E-state index in [0.29, 0.717) is 40.8 Å². The van der Waals surface area contributed by atoms with Crippen molar-refractivity contribution >= 4 is 35.3 Å². The van der Waals surface area contributed by atoms with Gasteiger partial charge in [-0.3, -0.25) is 14.4 Å². The molecular weight excluding hydrogens is 492 g/mol. The molecule has 198 valence electrons. The molecule has 11 nitrogen and oxygen atoms in total. The molecule has 38 heavy (non-hydrogen) atoms. The summed E-state index contributed by atoms with van der Waals surface area (Å²) >= 11 is 0. The van der Waals surface area contributed by atoms with Crippen LogP contribution in [-0.2, 0) is 14.4 Å². The molecule has 0 aromatic heterocycles. The molecule has 3 rings (SSSR count). The summed E-state index contributed by atoms with van der Waals surface area (Å²) in [5, 5.41) is 9.02. The summed E-state index contributed by atoms with van der Waals surface area (Å²) in [4.78, 5) is 36.8. The number of carbonyl (C=O) groups excluding carboxylic acids is 3. The number of rotatable bonds is 11. The van der Waals surface area contributed by atoms with Crippen molar-refractivity contribution in [3.8, 4) is 23.0 Å². The third-order valence-electron chi connectivity index (χ3n) is 4.93. The molecule has 0 atom stereocenters. The van der Waals surface area contributed by atoms with Crippen LogP contribution in [0.2, 0.25) is 0 Å². The number of amides is 3. The van der Waals surface area contributed by atoms with Gasteiger partial charge in [-0.2, -0.15) is 5.10 Å². The average molecular weight is 521 g/mol. The number of hydrogen-bond acceptors (Lipinski definition) is 8. The number of nitrogens with zero attached hydrogens (tertiary/aromatic N) is 1. The summed E-state index contributed by atoms with van der Waals surface area (Å²) in [6, 6.07) is 18.5. The van der Waals surface area contributed by atoms with E-state index < -0.39 is 17.7 Å². The van der Waals surface area contributed by atoms with Crippen LogP contribution in [-0.4, -0.2) is 51.4 Å². The second-order valence-corrected chi connectivity index (χ2v) is 7.56. The van der Waals surface area contributed by atoms with Gasteiger partial charge in [-0.25, -0.2) is 5.43 Å². The second kappa shape index (κ2) is 13.9. The average Bonchev–Trinajstić information content (AvgIpc) is 2.93. The zero-order valence-corrected chi connectivity index (χ0v) is 21.1. The molecule has 0 heterocycles. The number of anilines is 2. The molecule has 0 fully saturated rings. The first-order chi connectivity index (χ1) is 18.4. The van der Waals surface area contributed by atoms with Gasteiger partial charge in [0.15, 0.2) is 18.1 Å². The third-order valence-corrected chi connectivity index (χ3v) is 4.93. The van der Waals surface area contributed by atoms with Crippen LogP contribution in [0.25, 0.3) is 0 Å². The first kappa shape index (κ1) is 27.5. The van der Waals surface area contributed by atoms with Gasteiger partial charge in [-0.05, 0) is 55.5 Å². The fourth-order valence-electron chi connectivity index (χ4n) is 3.19. The Labute approximate surface area is 219 Å². The summed E-state index contributed by atoms with van der Waals surface area (Å²) < 4.78 is 21.5. The standard InChI is InChI=1S/C27H28N4O7/c1-4-37-21-13-11-19(12-14-21)29-24(32)17-38-25-18(7-5-10-23(25)36-3)16-28-31-27(34)26(33)30-20-8-6-9-22(15-20)35-2/h5-16H,4,17H2,1-3H3,(H,29,32)(H,30,33)(H,31,34)/b28-16-. The number of carbonyl (C=O) groups is 3. The smallest absolute Gasteiger partial charge is 0.329 e. The van der Waals surface area contributed by atoms with Crippen molar-refractivity contribution in [2.75, 3.05) is 38.1 Å². The number of nitrogens with one attached hydrogen (secondary N) is 3. The Bertz CT molecular complexity index is 1290. The molecule has 0 saturated heterocycles. The lowest BCUT2D eigenvalue weighted by Gasteiger charge is -2.13. The molecule has 3 aromatic carbocycles. The van der Waals surface area contributed by atoms with E-state index in [1.54, 1.807) is 66.7 Å². The molecule has 3 N–H and O–H groups in total. The molecule has 11 heteroatoms. The maximum atomic E-state index is 12.4. The first-order valence-corrected chi connectivity index (χ1v) is 11.5. The zero-order chi connectivity index (χ0) is 27.3. The van der Waals surface area contributed by atoms with Gasteiger partial charge in [-0.15, -0.1) is 0 Å². The molecule has 0 unspecified atom stereocenters. The van der Waals surface area contributed by atoms with Crippen molar-refractivity contribution in [1.29, 1.82) is 0 Å². The quantitative estimate of drug-likeness (QED) is 0.201. The van der Waals surface area contributed by atoms with Crippen LogP contribution in [0.4, 0.5) is 11.4 Å². The van der Waals surface area contributed by atoms with Gasteiger partial charge in [0.2, 0.25) is 0 Å². The van der Waals surface area contributed by atoms with E-state index in [2.05, 4.69) is 21.2 Å². The van der Waals surface area contributed by atoms with Gasteiger partial charge < -0.3 is 29.6 Å². The van der Waals surface area contributed by atoms with Crippen LogP contribution in [0.3, 0.4) is 0 Å². The van der Waals surface area contributed by atoms with E-state index in [0.717, 1.165) is 0 Å². The SMILES string of the molecule is CCOc1ccc(NC(=O)COc2c(/C=N\NC(=O)C(=O)Nc3cccc(OC)c3)cccc2OC)cc1. The van der Waals surface area contributed by atoms with Gasteiger partial charge in [0.1, 0.15) is 11.5 Å². The highest BCUT2D eigenvalue weighted by Crippen LogP contribution is 2.30. The molecule has 0 aliphatic rings. The summed E-state index contributed by atoms with van der Waals surface area (Å²) in [5.41, 5.74) is 3.54. The van der Waals surface area contributed by atoms with Crippen molar-refractivity contribution in [2.24, 2.45) is 5.10 Å². The van der Waals surface area contributed by atoms with Gasteiger partial charge in [0.05, 0.1) is 27.0 Å². The van der Waals surface area contributed by atoms with E-state index in [1.807, 2.05) is 6.92 Å². The van der Waals surface area contributed by atoms with E-state index in [-0.39, 0.29) is 12.4 Å². The Hall–Kier alpha value is -5.06. The fourth-order valence-corrected chi connectivity index (χ4v) is 3.19. The lowest BCUT2D eigenvalue weighted by Crippen LogP contribution is -2.32. The summed E-state index contributed by atoms with van der Waals surface area (Å²) in [7, 11) is 2.95. The van der Waals surface area contributed by atoms with Crippen molar-refractivity contribution in [1.82, 2.24) is 5.43 Å². The maximum Gasteiger partial charge on any atom is 0.329 e. The predicted octanol–water partition coefficient (Wildman–Crippen LogP) is 3.21. The molecule has 0 aliphatic carbocycles. The van der Waals surface area contributed by atoms with Crippen LogP contribution >= 0.6 is 0 Å². The highest BCUT2D eigenvalue weighted by Gasteiger charge is 2.15. The third kappa shape index (κ3) is 7.98. The Morgan fingerprint density at radius 2 is 1.58 bits per heavy atom. The van der Waals surface area contributed by atoms with Crippen LogP contribution in [0.15, 0.2) is 71.8 Å². The molecular formula is C27H28N4O7. The lowest BCUT2D eigenvalue weighted by molar-refractivity contribution is -0.136. The van der Waals surface area contributed by atoms with Gasteiger partial charge in [-0.1, -0.05) is 12.1 Å². The molecule has 3 aromatic rings. The second-order valence-electron chi connectivity index (χ2n) is 7.56. The number of hydrogen-bond donors (Lipinski definition) is 3. The highest BCUT2D eigenvalue weighted by atomic mass is 16.5. The van der Waals surface area contributed by atoms with Crippen LogP contribution in [0.5, 0.6) is 23.0 Å². The van der Waals surface area contributed by atoms with Crippen molar-refractivity contribution in [3.63, 3.8) is 0 Å². The Balaban J connectivity index is 1.59. The first-order valence-electron chi connectivity index (χ1n) is 11.5. The van der Waals surface area contributed by atoms with E-state index in [1.165, 1.54) is 20.4 Å². The summed E-state index contributed by atoms with van der Waals surface area (Å²) in [6.07, 6.45) is 1.28. The molecule has 0 spiro atoms. The Morgan fingerprint density at radius 3 is 2.29 bits per heavy atom. The monoisotopic (exact) mass is 520 g/mol. The topological polar surface area (TPSA) is 137 Å². The number of para-hydroxylation sites is 1. The Kier molecular flexibility index (Phi) is 10.1.